The molecule has 0 saturated carbocycles. The molecule has 1 atom stereocenters. The summed E-state index contributed by atoms with van der Waals surface area (Å²) in [6, 6.07) is 6.08. The van der Waals surface area contributed by atoms with Crippen LogP contribution in [-0.4, -0.2) is 40.2 Å². The molecule has 1 aliphatic rings. The summed E-state index contributed by atoms with van der Waals surface area (Å²) in [5.74, 6) is 0.838. The number of fused-ring (bicyclic) bond motifs is 2. The van der Waals surface area contributed by atoms with Crippen LogP contribution in [0.5, 0.6) is 5.75 Å². The molecular formula is C19H20FN5O2. The summed E-state index contributed by atoms with van der Waals surface area (Å²) < 4.78 is 21.3. The number of anilines is 1. The van der Waals surface area contributed by atoms with Crippen LogP contribution in [0.25, 0.3) is 5.65 Å². The van der Waals surface area contributed by atoms with E-state index in [0.717, 1.165) is 5.56 Å². The molecule has 1 amide bonds. The monoisotopic (exact) mass is 369 g/mol. The van der Waals surface area contributed by atoms with Crippen molar-refractivity contribution in [2.75, 3.05) is 18.6 Å². The summed E-state index contributed by atoms with van der Waals surface area (Å²) >= 11 is 0. The average molecular weight is 369 g/mol. The van der Waals surface area contributed by atoms with Gasteiger partial charge in [-0.25, -0.2) is 13.9 Å². The lowest BCUT2D eigenvalue weighted by molar-refractivity contribution is -0.121. The molecule has 0 spiro atoms. The van der Waals surface area contributed by atoms with Crippen molar-refractivity contribution in [3.8, 4) is 5.75 Å². The second-order valence-corrected chi connectivity index (χ2v) is 6.79. The molecule has 1 aliphatic heterocycles. The molecule has 1 N–H and O–H groups in total. The number of nitrogens with zero attached hydrogens (tertiary/aromatic N) is 4. The van der Waals surface area contributed by atoms with Gasteiger partial charge in [-0.2, -0.15) is 5.10 Å². The van der Waals surface area contributed by atoms with Crippen molar-refractivity contribution in [3.63, 3.8) is 0 Å². The van der Waals surface area contributed by atoms with Crippen molar-refractivity contribution >= 4 is 17.4 Å². The minimum atomic E-state index is -0.324. The van der Waals surface area contributed by atoms with Gasteiger partial charge < -0.3 is 15.0 Å². The quantitative estimate of drug-likeness (QED) is 0.656. The van der Waals surface area contributed by atoms with Crippen molar-refractivity contribution in [2.45, 2.75) is 25.9 Å². The van der Waals surface area contributed by atoms with Gasteiger partial charge in [-0.15, -0.1) is 0 Å². The Labute approximate surface area is 155 Å². The molecule has 3 heterocycles. The molecule has 0 saturated heterocycles. The van der Waals surface area contributed by atoms with Gasteiger partial charge in [-0.3, -0.25) is 4.79 Å². The Balaban J connectivity index is 1.78. The summed E-state index contributed by atoms with van der Waals surface area (Å²) in [5, 5.41) is 7.17. The predicted molar refractivity (Wildman–Crippen MR) is 98.3 cm³/mol. The predicted octanol–water partition coefficient (Wildman–Crippen LogP) is 1.94. The third-order valence-electron chi connectivity index (χ3n) is 4.50. The highest BCUT2D eigenvalue weighted by Crippen LogP contribution is 2.24. The van der Waals surface area contributed by atoms with Gasteiger partial charge in [0.1, 0.15) is 24.0 Å². The topological polar surface area (TPSA) is 71.8 Å². The Morgan fingerprint density at radius 3 is 3.00 bits per heavy atom. The zero-order chi connectivity index (χ0) is 19.0. The molecule has 1 aromatic carbocycles. The molecule has 0 radical (unpaired) electrons. The maximum Gasteiger partial charge on any atom is 0.224 e. The molecule has 140 valence electrons. The van der Waals surface area contributed by atoms with Crippen LogP contribution in [0.4, 0.5) is 10.2 Å². The Bertz CT molecular complexity index is 1000. The van der Waals surface area contributed by atoms with Crippen molar-refractivity contribution in [3.05, 3.63) is 53.6 Å². The summed E-state index contributed by atoms with van der Waals surface area (Å²) in [5.41, 5.74) is 2.10. The zero-order valence-corrected chi connectivity index (χ0v) is 15.1. The van der Waals surface area contributed by atoms with E-state index in [9.17, 15) is 9.18 Å². The van der Waals surface area contributed by atoms with Gasteiger partial charge in [-0.1, -0.05) is 0 Å². The average Bonchev–Trinajstić information content (AvgIpc) is 3.02. The van der Waals surface area contributed by atoms with Gasteiger partial charge >= 0.3 is 0 Å². The SMILES string of the molecule is C[C@@H]1COc2ccc(F)cc2CN(C)c2ccn3ncc(c3n2)CC(=O)N1. The molecule has 2 bridgehead atoms. The fourth-order valence-electron chi connectivity index (χ4n) is 3.15. The van der Waals surface area contributed by atoms with Crippen molar-refractivity contribution < 1.29 is 13.9 Å². The van der Waals surface area contributed by atoms with Gasteiger partial charge in [0.25, 0.3) is 0 Å². The van der Waals surface area contributed by atoms with E-state index in [1.165, 1.54) is 12.1 Å². The molecule has 4 rings (SSSR count). The minimum absolute atomic E-state index is 0.127. The van der Waals surface area contributed by atoms with Crippen LogP contribution in [-0.2, 0) is 17.8 Å². The molecule has 3 aromatic rings. The summed E-state index contributed by atoms with van der Waals surface area (Å²) in [7, 11) is 1.88. The van der Waals surface area contributed by atoms with Crippen LogP contribution in [0.3, 0.4) is 0 Å². The third-order valence-corrected chi connectivity index (χ3v) is 4.50. The molecule has 0 aliphatic carbocycles. The molecule has 27 heavy (non-hydrogen) atoms. The summed E-state index contributed by atoms with van der Waals surface area (Å²) in [4.78, 5) is 18.9. The minimum Gasteiger partial charge on any atom is -0.491 e. The highest BCUT2D eigenvalue weighted by molar-refractivity contribution is 5.80. The third kappa shape index (κ3) is 3.55. The number of hydrogen-bond acceptors (Lipinski definition) is 5. The second kappa shape index (κ2) is 6.86. The Morgan fingerprint density at radius 1 is 1.30 bits per heavy atom. The van der Waals surface area contributed by atoms with E-state index >= 15 is 0 Å². The fraction of sp³-hybridized carbons (Fsp3) is 0.316. The van der Waals surface area contributed by atoms with Crippen molar-refractivity contribution in [1.82, 2.24) is 19.9 Å². The number of carbonyl (C=O) groups excluding carboxylic acids is 1. The standard InChI is InChI=1S/C19H20FN5O2/c1-12-11-27-16-4-3-15(20)7-14(16)10-24(2)17-5-6-25-19(23-17)13(9-21-25)8-18(26)22-12/h3-7,9,12H,8,10-11H2,1-2H3,(H,22,26)/t12-/m1/s1. The lowest BCUT2D eigenvalue weighted by Crippen LogP contribution is -2.37. The Morgan fingerprint density at radius 2 is 2.15 bits per heavy atom. The number of nitrogens with one attached hydrogen (secondary N) is 1. The zero-order valence-electron chi connectivity index (χ0n) is 15.1. The number of amides is 1. The number of rotatable bonds is 0. The molecule has 0 fully saturated rings. The molecular weight excluding hydrogens is 349 g/mol. The Kier molecular flexibility index (Phi) is 4.39. The number of aromatic nitrogens is 3. The number of hydrogen-bond donors (Lipinski definition) is 1. The number of benzene rings is 1. The lowest BCUT2D eigenvalue weighted by atomic mass is 10.1. The maximum atomic E-state index is 13.8. The summed E-state index contributed by atoms with van der Waals surface area (Å²) in [6.07, 6.45) is 3.65. The lowest BCUT2D eigenvalue weighted by Gasteiger charge is -2.22. The van der Waals surface area contributed by atoms with E-state index in [1.807, 2.05) is 24.9 Å². The van der Waals surface area contributed by atoms with E-state index in [-0.39, 0.29) is 24.2 Å². The van der Waals surface area contributed by atoms with E-state index in [0.29, 0.717) is 35.9 Å². The second-order valence-electron chi connectivity index (χ2n) is 6.79. The fourth-order valence-corrected chi connectivity index (χ4v) is 3.15. The first kappa shape index (κ1) is 17.3. The van der Waals surface area contributed by atoms with E-state index in [2.05, 4.69) is 15.4 Å². The van der Waals surface area contributed by atoms with Gasteiger partial charge in [0.2, 0.25) is 5.91 Å². The van der Waals surface area contributed by atoms with Crippen LogP contribution < -0.4 is 15.0 Å². The maximum absolute atomic E-state index is 13.8. The van der Waals surface area contributed by atoms with Crippen molar-refractivity contribution in [1.29, 1.82) is 0 Å². The molecule has 0 unspecified atom stereocenters. The highest BCUT2D eigenvalue weighted by atomic mass is 19.1. The molecule has 2 aromatic heterocycles. The van der Waals surface area contributed by atoms with E-state index in [4.69, 9.17) is 4.74 Å². The van der Waals surface area contributed by atoms with Crippen molar-refractivity contribution in [2.24, 2.45) is 0 Å². The molecule has 7 nitrogen and oxygen atoms in total. The first-order chi connectivity index (χ1) is 13.0. The van der Waals surface area contributed by atoms with Crippen LogP contribution >= 0.6 is 0 Å². The number of halogens is 1. The highest BCUT2D eigenvalue weighted by Gasteiger charge is 2.17. The van der Waals surface area contributed by atoms with Crippen LogP contribution in [0.15, 0.2) is 36.7 Å². The first-order valence-electron chi connectivity index (χ1n) is 8.74. The number of ether oxygens (including phenoxy) is 1. The van der Waals surface area contributed by atoms with E-state index in [1.54, 1.807) is 23.0 Å². The van der Waals surface area contributed by atoms with Gasteiger partial charge in [0, 0.05) is 30.9 Å². The smallest absolute Gasteiger partial charge is 0.224 e. The number of carbonyl (C=O) groups is 1. The van der Waals surface area contributed by atoms with Crippen LogP contribution in [0.2, 0.25) is 0 Å². The van der Waals surface area contributed by atoms with Gasteiger partial charge in [-0.05, 0) is 31.2 Å². The van der Waals surface area contributed by atoms with Crippen LogP contribution in [0, 0.1) is 5.82 Å². The summed E-state index contributed by atoms with van der Waals surface area (Å²) in [6.45, 7) is 2.59. The van der Waals surface area contributed by atoms with Gasteiger partial charge in [0.15, 0.2) is 5.65 Å². The van der Waals surface area contributed by atoms with Crippen LogP contribution in [0.1, 0.15) is 18.1 Å². The van der Waals surface area contributed by atoms with E-state index < -0.39 is 0 Å². The Hall–Kier alpha value is -3.16. The first-order valence-corrected chi connectivity index (χ1v) is 8.74. The molecule has 8 heteroatoms. The normalized spacial score (nSPS) is 18.0. The largest absolute Gasteiger partial charge is 0.491 e. The van der Waals surface area contributed by atoms with Gasteiger partial charge in [0.05, 0.1) is 18.7 Å².